The number of amides is 1. The summed E-state index contributed by atoms with van der Waals surface area (Å²) in [5.41, 5.74) is 0.0618. The number of hydrogen-bond donors (Lipinski definition) is 1. The summed E-state index contributed by atoms with van der Waals surface area (Å²) in [5, 5.41) is 3.30. The molecular weight excluding hydrogens is 231 g/mol. The van der Waals surface area contributed by atoms with Crippen molar-refractivity contribution in [3.63, 3.8) is 0 Å². The fourth-order valence-electron chi connectivity index (χ4n) is 4.36. The Labute approximate surface area is 108 Å². The van der Waals surface area contributed by atoms with Gasteiger partial charge in [0.2, 0.25) is 5.91 Å². The number of likely N-dealkylation sites (N-methyl/N-ethyl adjacent to an activating group) is 1. The molecule has 4 heteroatoms. The summed E-state index contributed by atoms with van der Waals surface area (Å²) in [5.74, 6) is 0.737. The molecule has 3 aliphatic rings. The van der Waals surface area contributed by atoms with E-state index in [1.165, 1.54) is 25.7 Å². The Bertz CT molecular complexity index is 337. The Morgan fingerprint density at radius 3 is 2.56 bits per heavy atom. The molecular formula is C14H23FN2O. The van der Waals surface area contributed by atoms with Gasteiger partial charge in [0.05, 0.1) is 6.04 Å². The zero-order valence-corrected chi connectivity index (χ0v) is 11.1. The summed E-state index contributed by atoms with van der Waals surface area (Å²) in [6.07, 6.45) is 6.75. The summed E-state index contributed by atoms with van der Waals surface area (Å²) >= 11 is 0. The Morgan fingerprint density at radius 1 is 1.33 bits per heavy atom. The fourth-order valence-corrected chi connectivity index (χ4v) is 4.36. The molecule has 2 atom stereocenters. The third-order valence-corrected chi connectivity index (χ3v) is 5.30. The smallest absolute Gasteiger partial charge is 0.237 e. The first-order valence-electron chi connectivity index (χ1n) is 7.27. The number of hydrogen-bond acceptors (Lipinski definition) is 2. The lowest BCUT2D eigenvalue weighted by molar-refractivity contribution is -0.127. The lowest BCUT2D eigenvalue weighted by Crippen LogP contribution is -2.53. The molecule has 1 heterocycles. The van der Waals surface area contributed by atoms with Gasteiger partial charge in [0.15, 0.2) is 0 Å². The van der Waals surface area contributed by atoms with Crippen LogP contribution in [0.1, 0.15) is 44.9 Å². The zero-order valence-electron chi connectivity index (χ0n) is 11.1. The molecule has 0 aromatic heterocycles. The van der Waals surface area contributed by atoms with Gasteiger partial charge in [-0.15, -0.1) is 0 Å². The molecule has 0 radical (unpaired) electrons. The van der Waals surface area contributed by atoms with Crippen LogP contribution in [0.3, 0.4) is 0 Å². The number of likely N-dealkylation sites (tertiary alicyclic amines) is 1. The Hall–Kier alpha value is -0.640. The van der Waals surface area contributed by atoms with Crippen molar-refractivity contribution in [2.75, 3.05) is 13.6 Å². The molecule has 2 unspecified atom stereocenters. The van der Waals surface area contributed by atoms with Crippen LogP contribution in [0.4, 0.5) is 4.39 Å². The number of carbonyl (C=O) groups excluding carboxylic acids is 1. The van der Waals surface area contributed by atoms with Crippen LogP contribution in [-0.2, 0) is 4.79 Å². The Balaban J connectivity index is 1.67. The van der Waals surface area contributed by atoms with Crippen molar-refractivity contribution in [2.24, 2.45) is 5.92 Å². The maximum Gasteiger partial charge on any atom is 0.237 e. The normalized spacial score (nSPS) is 44.2. The summed E-state index contributed by atoms with van der Waals surface area (Å²) < 4.78 is 13.3. The van der Waals surface area contributed by atoms with E-state index in [9.17, 15) is 9.18 Å². The van der Waals surface area contributed by atoms with Gasteiger partial charge >= 0.3 is 0 Å². The fraction of sp³-hybridized carbons (Fsp3) is 0.929. The molecule has 1 N–H and O–H groups in total. The number of fused-ring (bicyclic) bond motifs is 1. The summed E-state index contributed by atoms with van der Waals surface area (Å²) in [7, 11) is 1.85. The van der Waals surface area contributed by atoms with Crippen LogP contribution in [0, 0.1) is 5.92 Å². The summed E-state index contributed by atoms with van der Waals surface area (Å²) in [4.78, 5) is 14.2. The molecule has 0 aromatic rings. The maximum absolute atomic E-state index is 13.3. The Kier molecular flexibility index (Phi) is 3.08. The van der Waals surface area contributed by atoms with Gasteiger partial charge < -0.3 is 5.32 Å². The van der Waals surface area contributed by atoms with Gasteiger partial charge in [-0.3, -0.25) is 9.69 Å². The number of nitrogens with one attached hydrogen (secondary N) is 1. The second kappa shape index (κ2) is 4.48. The van der Waals surface area contributed by atoms with Gasteiger partial charge in [-0.25, -0.2) is 4.39 Å². The first-order chi connectivity index (χ1) is 8.61. The van der Waals surface area contributed by atoms with Crippen molar-refractivity contribution < 1.29 is 9.18 Å². The third kappa shape index (κ3) is 1.94. The highest BCUT2D eigenvalue weighted by atomic mass is 19.1. The van der Waals surface area contributed by atoms with E-state index in [2.05, 4.69) is 5.32 Å². The van der Waals surface area contributed by atoms with Gasteiger partial charge in [-0.1, -0.05) is 12.8 Å². The van der Waals surface area contributed by atoms with E-state index in [0.717, 1.165) is 12.8 Å². The lowest BCUT2D eigenvalue weighted by Gasteiger charge is -2.33. The SMILES string of the molecule is CN1CC(F)CC1C(=O)NC12CCCC1CCC2. The predicted molar refractivity (Wildman–Crippen MR) is 68.0 cm³/mol. The van der Waals surface area contributed by atoms with Gasteiger partial charge in [-0.2, -0.15) is 0 Å². The molecule has 0 spiro atoms. The van der Waals surface area contributed by atoms with Crippen LogP contribution in [0.25, 0.3) is 0 Å². The van der Waals surface area contributed by atoms with Crippen molar-refractivity contribution in [2.45, 2.75) is 62.7 Å². The van der Waals surface area contributed by atoms with E-state index < -0.39 is 6.17 Å². The highest BCUT2D eigenvalue weighted by Crippen LogP contribution is 2.47. The van der Waals surface area contributed by atoms with Gasteiger partial charge in [0.1, 0.15) is 6.17 Å². The van der Waals surface area contributed by atoms with Crippen LogP contribution in [-0.4, -0.2) is 42.2 Å². The monoisotopic (exact) mass is 254 g/mol. The van der Waals surface area contributed by atoms with E-state index in [4.69, 9.17) is 0 Å². The van der Waals surface area contributed by atoms with E-state index in [-0.39, 0.29) is 17.5 Å². The molecule has 102 valence electrons. The largest absolute Gasteiger partial charge is 0.349 e. The van der Waals surface area contributed by atoms with Crippen LogP contribution < -0.4 is 5.32 Å². The van der Waals surface area contributed by atoms with Gasteiger partial charge in [0.25, 0.3) is 0 Å². The van der Waals surface area contributed by atoms with Crippen molar-refractivity contribution in [1.82, 2.24) is 10.2 Å². The predicted octanol–water partition coefficient (Wildman–Crippen LogP) is 1.87. The summed E-state index contributed by atoms with van der Waals surface area (Å²) in [6, 6.07) is -0.253. The minimum absolute atomic E-state index is 0.0615. The first kappa shape index (κ1) is 12.4. The average molecular weight is 254 g/mol. The molecule has 3 nitrogen and oxygen atoms in total. The molecule has 1 saturated heterocycles. The van der Waals surface area contributed by atoms with E-state index >= 15 is 0 Å². The molecule has 2 saturated carbocycles. The maximum atomic E-state index is 13.3. The molecule has 1 amide bonds. The van der Waals surface area contributed by atoms with Gasteiger partial charge in [-0.05, 0) is 38.6 Å². The third-order valence-electron chi connectivity index (χ3n) is 5.30. The molecule has 0 bridgehead atoms. The molecule has 3 fully saturated rings. The van der Waals surface area contributed by atoms with E-state index in [1.54, 1.807) is 0 Å². The molecule has 3 rings (SSSR count). The standard InChI is InChI=1S/C14H23FN2O/c1-17-9-11(15)8-12(17)13(18)16-14-6-2-4-10(14)5-3-7-14/h10-12H,2-9H2,1H3,(H,16,18). The van der Waals surface area contributed by atoms with E-state index in [1.807, 2.05) is 11.9 Å². The molecule has 2 aliphatic carbocycles. The summed E-state index contributed by atoms with van der Waals surface area (Å²) in [6.45, 7) is 0.397. The van der Waals surface area contributed by atoms with Crippen LogP contribution in [0.15, 0.2) is 0 Å². The van der Waals surface area contributed by atoms with E-state index in [0.29, 0.717) is 18.9 Å². The highest BCUT2D eigenvalue weighted by Gasteiger charge is 2.48. The quantitative estimate of drug-likeness (QED) is 0.816. The minimum atomic E-state index is -0.841. The number of nitrogens with zero attached hydrogens (tertiary/aromatic N) is 1. The second-order valence-corrected chi connectivity index (χ2v) is 6.42. The Morgan fingerprint density at radius 2 is 2.00 bits per heavy atom. The molecule has 18 heavy (non-hydrogen) atoms. The second-order valence-electron chi connectivity index (χ2n) is 6.42. The van der Waals surface area contributed by atoms with Crippen LogP contribution in [0.5, 0.6) is 0 Å². The average Bonchev–Trinajstić information content (AvgIpc) is 2.91. The van der Waals surface area contributed by atoms with Gasteiger partial charge in [0, 0.05) is 18.5 Å². The number of carbonyl (C=O) groups is 1. The van der Waals surface area contributed by atoms with Crippen molar-refractivity contribution in [1.29, 1.82) is 0 Å². The number of halogens is 1. The van der Waals surface area contributed by atoms with Crippen molar-refractivity contribution in [3.8, 4) is 0 Å². The van der Waals surface area contributed by atoms with Crippen molar-refractivity contribution >= 4 is 5.91 Å². The number of rotatable bonds is 2. The zero-order chi connectivity index (χ0) is 12.8. The minimum Gasteiger partial charge on any atom is -0.349 e. The van der Waals surface area contributed by atoms with Crippen LogP contribution >= 0.6 is 0 Å². The number of alkyl halides is 1. The van der Waals surface area contributed by atoms with Crippen molar-refractivity contribution in [3.05, 3.63) is 0 Å². The van der Waals surface area contributed by atoms with Crippen LogP contribution in [0.2, 0.25) is 0 Å². The molecule has 1 aliphatic heterocycles. The first-order valence-corrected chi connectivity index (χ1v) is 7.27. The highest BCUT2D eigenvalue weighted by molar-refractivity contribution is 5.83. The topological polar surface area (TPSA) is 32.3 Å². The lowest BCUT2D eigenvalue weighted by atomic mass is 9.90. The molecule has 0 aromatic carbocycles.